The fraction of sp³-hybridized carbons (Fsp3) is 0.909. The zero-order valence-corrected chi connectivity index (χ0v) is 8.91. The van der Waals surface area contributed by atoms with Crippen LogP contribution < -0.4 is 0 Å². The summed E-state index contributed by atoms with van der Waals surface area (Å²) < 4.78 is 0. The van der Waals surface area contributed by atoms with E-state index in [2.05, 4.69) is 10.2 Å². The molecule has 0 heterocycles. The molecule has 2 heteroatoms. The molecule has 0 amide bonds. The molecule has 0 radical (unpaired) electrons. The standard InChI is InChI=1S/C11H17NS/c13-9-12-10-5-4-8-11(10)6-2-1-3-7-11/h10H,1-8H2. The second-order valence-corrected chi connectivity index (χ2v) is 4.73. The van der Waals surface area contributed by atoms with Crippen LogP contribution in [-0.4, -0.2) is 11.2 Å². The summed E-state index contributed by atoms with van der Waals surface area (Å²) in [6.07, 6.45) is 11.0. The lowest BCUT2D eigenvalue weighted by molar-refractivity contribution is 0.173. The van der Waals surface area contributed by atoms with Gasteiger partial charge in [0.2, 0.25) is 0 Å². The Kier molecular flexibility index (Phi) is 2.80. The van der Waals surface area contributed by atoms with Crippen molar-refractivity contribution in [2.24, 2.45) is 10.4 Å². The van der Waals surface area contributed by atoms with Gasteiger partial charge in [-0.15, -0.1) is 0 Å². The Labute approximate surface area is 85.6 Å². The van der Waals surface area contributed by atoms with Gasteiger partial charge in [-0.25, -0.2) is 4.99 Å². The van der Waals surface area contributed by atoms with Crippen molar-refractivity contribution in [1.82, 2.24) is 0 Å². The van der Waals surface area contributed by atoms with E-state index in [0.717, 1.165) is 0 Å². The Balaban J connectivity index is 2.13. The van der Waals surface area contributed by atoms with E-state index in [0.29, 0.717) is 11.5 Å². The molecule has 2 fully saturated rings. The largest absolute Gasteiger partial charge is 0.229 e. The van der Waals surface area contributed by atoms with Gasteiger partial charge in [-0.2, -0.15) is 0 Å². The van der Waals surface area contributed by atoms with Crippen LogP contribution in [0.1, 0.15) is 51.4 Å². The first-order valence-electron chi connectivity index (χ1n) is 5.44. The quantitative estimate of drug-likeness (QED) is 0.460. The second-order valence-electron chi connectivity index (χ2n) is 4.55. The summed E-state index contributed by atoms with van der Waals surface area (Å²) in [7, 11) is 0. The Morgan fingerprint density at radius 2 is 1.77 bits per heavy atom. The van der Waals surface area contributed by atoms with Crippen LogP contribution in [0.4, 0.5) is 0 Å². The summed E-state index contributed by atoms with van der Waals surface area (Å²) in [6, 6.07) is 0.519. The average molecular weight is 195 g/mol. The van der Waals surface area contributed by atoms with Crippen LogP contribution in [0.5, 0.6) is 0 Å². The highest BCUT2D eigenvalue weighted by molar-refractivity contribution is 7.78. The van der Waals surface area contributed by atoms with E-state index in [-0.39, 0.29) is 0 Å². The molecule has 1 unspecified atom stereocenters. The van der Waals surface area contributed by atoms with Gasteiger partial charge in [0.05, 0.1) is 11.2 Å². The van der Waals surface area contributed by atoms with Crippen LogP contribution in [0.3, 0.4) is 0 Å². The first-order chi connectivity index (χ1) is 6.37. The number of isothiocyanates is 1. The van der Waals surface area contributed by atoms with Crippen LogP contribution >= 0.6 is 12.2 Å². The highest BCUT2D eigenvalue weighted by Gasteiger charge is 2.43. The predicted molar refractivity (Wildman–Crippen MR) is 58.2 cm³/mol. The molecule has 0 aromatic heterocycles. The fourth-order valence-electron chi connectivity index (χ4n) is 3.22. The SMILES string of the molecule is S=C=NC1CCCC12CCCCC2. The average Bonchev–Trinajstić information content (AvgIpc) is 2.52. The molecule has 0 N–H and O–H groups in total. The van der Waals surface area contributed by atoms with E-state index in [4.69, 9.17) is 12.2 Å². The predicted octanol–water partition coefficient (Wildman–Crippen LogP) is 3.59. The van der Waals surface area contributed by atoms with Crippen molar-refractivity contribution in [3.8, 4) is 0 Å². The van der Waals surface area contributed by atoms with Crippen molar-refractivity contribution in [1.29, 1.82) is 0 Å². The Morgan fingerprint density at radius 3 is 2.46 bits per heavy atom. The van der Waals surface area contributed by atoms with Crippen LogP contribution in [0, 0.1) is 5.41 Å². The molecule has 13 heavy (non-hydrogen) atoms. The number of hydrogen-bond donors (Lipinski definition) is 0. The minimum absolute atomic E-state index is 0.519. The van der Waals surface area contributed by atoms with Gasteiger partial charge in [0.25, 0.3) is 0 Å². The van der Waals surface area contributed by atoms with Crippen molar-refractivity contribution in [2.75, 3.05) is 0 Å². The zero-order chi connectivity index (χ0) is 9.15. The van der Waals surface area contributed by atoms with Gasteiger partial charge in [-0.3, -0.25) is 0 Å². The van der Waals surface area contributed by atoms with Gasteiger partial charge in [0.15, 0.2) is 0 Å². The maximum Gasteiger partial charge on any atom is 0.0658 e. The summed E-state index contributed by atoms with van der Waals surface area (Å²) in [5.41, 5.74) is 0.546. The van der Waals surface area contributed by atoms with Crippen LogP contribution in [0.25, 0.3) is 0 Å². The molecule has 0 aromatic rings. The third kappa shape index (κ3) is 1.70. The molecule has 2 aliphatic carbocycles. The Morgan fingerprint density at radius 1 is 1.08 bits per heavy atom. The number of hydrogen-bond acceptors (Lipinski definition) is 2. The van der Waals surface area contributed by atoms with Gasteiger partial charge in [-0.05, 0) is 43.3 Å². The van der Waals surface area contributed by atoms with Gasteiger partial charge in [0.1, 0.15) is 0 Å². The van der Waals surface area contributed by atoms with Crippen molar-refractivity contribution in [3.05, 3.63) is 0 Å². The van der Waals surface area contributed by atoms with Crippen molar-refractivity contribution in [2.45, 2.75) is 57.4 Å². The molecule has 2 saturated carbocycles. The monoisotopic (exact) mass is 195 g/mol. The fourth-order valence-corrected chi connectivity index (χ4v) is 3.35. The maximum absolute atomic E-state index is 4.72. The molecule has 0 bridgehead atoms. The minimum atomic E-state index is 0.519. The molecular formula is C11H17NS. The molecule has 1 nitrogen and oxygen atoms in total. The van der Waals surface area contributed by atoms with Gasteiger partial charge < -0.3 is 0 Å². The lowest BCUT2D eigenvalue weighted by atomic mass is 9.70. The third-order valence-corrected chi connectivity index (χ3v) is 4.02. The van der Waals surface area contributed by atoms with E-state index < -0.39 is 0 Å². The van der Waals surface area contributed by atoms with E-state index in [1.54, 1.807) is 0 Å². The van der Waals surface area contributed by atoms with Gasteiger partial charge in [-0.1, -0.05) is 25.7 Å². The molecule has 0 aliphatic heterocycles. The highest BCUT2D eigenvalue weighted by atomic mass is 32.1. The van der Waals surface area contributed by atoms with Crippen molar-refractivity contribution in [3.63, 3.8) is 0 Å². The third-order valence-electron chi connectivity index (χ3n) is 3.92. The molecule has 1 spiro atoms. The molecule has 2 rings (SSSR count). The van der Waals surface area contributed by atoms with Crippen LogP contribution in [0.2, 0.25) is 0 Å². The minimum Gasteiger partial charge on any atom is -0.229 e. The number of aliphatic imine (C=N–C) groups is 1. The second kappa shape index (κ2) is 3.89. The van der Waals surface area contributed by atoms with E-state index in [1.165, 1.54) is 51.4 Å². The lowest BCUT2D eigenvalue weighted by Crippen LogP contribution is -2.30. The number of thiocarbonyl (C=S) groups is 1. The first kappa shape index (κ1) is 9.36. The van der Waals surface area contributed by atoms with Crippen LogP contribution in [-0.2, 0) is 0 Å². The summed E-state index contributed by atoms with van der Waals surface area (Å²) >= 11 is 4.72. The van der Waals surface area contributed by atoms with E-state index in [9.17, 15) is 0 Å². The summed E-state index contributed by atoms with van der Waals surface area (Å²) in [4.78, 5) is 4.37. The van der Waals surface area contributed by atoms with Gasteiger partial charge in [0, 0.05) is 0 Å². The van der Waals surface area contributed by atoms with Crippen LogP contribution in [0.15, 0.2) is 4.99 Å². The molecule has 72 valence electrons. The summed E-state index contributed by atoms with van der Waals surface area (Å²) in [5, 5.41) is 2.59. The summed E-state index contributed by atoms with van der Waals surface area (Å²) in [5.74, 6) is 0. The van der Waals surface area contributed by atoms with E-state index in [1.807, 2.05) is 0 Å². The molecule has 2 aliphatic rings. The lowest BCUT2D eigenvalue weighted by Gasteiger charge is -2.36. The normalized spacial score (nSPS) is 31.5. The molecular weight excluding hydrogens is 178 g/mol. The zero-order valence-electron chi connectivity index (χ0n) is 8.09. The summed E-state index contributed by atoms with van der Waals surface area (Å²) in [6.45, 7) is 0. The smallest absolute Gasteiger partial charge is 0.0658 e. The van der Waals surface area contributed by atoms with Gasteiger partial charge >= 0.3 is 0 Å². The molecule has 0 saturated heterocycles. The van der Waals surface area contributed by atoms with Crippen molar-refractivity contribution >= 4 is 17.4 Å². The maximum atomic E-state index is 4.72. The Hall–Kier alpha value is -0.200. The molecule has 1 atom stereocenters. The highest BCUT2D eigenvalue weighted by Crippen LogP contribution is 2.50. The number of nitrogens with zero attached hydrogens (tertiary/aromatic N) is 1. The topological polar surface area (TPSA) is 12.4 Å². The van der Waals surface area contributed by atoms with Crippen molar-refractivity contribution < 1.29 is 0 Å². The number of rotatable bonds is 1. The van der Waals surface area contributed by atoms with E-state index >= 15 is 0 Å². The molecule has 0 aromatic carbocycles. The Bertz CT molecular complexity index is 224. The first-order valence-corrected chi connectivity index (χ1v) is 5.85.